The van der Waals surface area contributed by atoms with Crippen molar-refractivity contribution in [2.24, 2.45) is 0 Å². The maximum absolute atomic E-state index is 11.7. The van der Waals surface area contributed by atoms with E-state index in [1.807, 2.05) is 25.2 Å². The van der Waals surface area contributed by atoms with Crippen LogP contribution >= 0.6 is 15.9 Å². The minimum atomic E-state index is -0.151. The van der Waals surface area contributed by atoms with E-state index in [1.54, 1.807) is 4.90 Å². The van der Waals surface area contributed by atoms with Gasteiger partial charge in [0.1, 0.15) is 6.04 Å². The van der Waals surface area contributed by atoms with Crippen molar-refractivity contribution in [3.8, 4) is 0 Å². The first kappa shape index (κ1) is 11.3. The fourth-order valence-corrected chi connectivity index (χ4v) is 2.16. The lowest BCUT2D eigenvalue weighted by atomic mass is 10.2. The Morgan fingerprint density at radius 2 is 2.31 bits per heavy atom. The van der Waals surface area contributed by atoms with Crippen LogP contribution in [-0.4, -0.2) is 30.4 Å². The number of amides is 1. The predicted octanol–water partition coefficient (Wildman–Crippen LogP) is 1.67. The third kappa shape index (κ3) is 2.14. The zero-order valence-electron chi connectivity index (χ0n) is 9.03. The van der Waals surface area contributed by atoms with Crippen LogP contribution in [0.3, 0.4) is 0 Å². The van der Waals surface area contributed by atoms with Gasteiger partial charge in [0.25, 0.3) is 0 Å². The molecule has 1 aliphatic heterocycles. The first-order valence-electron chi connectivity index (χ1n) is 5.14. The number of likely N-dealkylation sites (tertiary alicyclic amines) is 1. The Hall–Kier alpha value is -1.23. The fraction of sp³-hybridized carbons (Fsp3) is 0.364. The highest BCUT2D eigenvalue weighted by atomic mass is 79.9. The average molecular weight is 284 g/mol. The zero-order valence-corrected chi connectivity index (χ0v) is 10.6. The molecule has 0 saturated carbocycles. The van der Waals surface area contributed by atoms with Gasteiger partial charge < -0.3 is 16.0 Å². The van der Waals surface area contributed by atoms with Gasteiger partial charge in [-0.15, -0.1) is 0 Å². The number of likely N-dealkylation sites (N-methyl/N-ethyl adjacent to an activating group) is 1. The lowest BCUT2D eigenvalue weighted by Gasteiger charge is -2.15. The van der Waals surface area contributed by atoms with E-state index in [4.69, 9.17) is 5.73 Å². The molecular formula is C11H14BrN3O. The van der Waals surface area contributed by atoms with E-state index in [0.29, 0.717) is 5.69 Å². The molecule has 1 aromatic carbocycles. The van der Waals surface area contributed by atoms with Crippen LogP contribution in [0.25, 0.3) is 0 Å². The Bertz CT molecular complexity index is 422. The smallest absolute Gasteiger partial charge is 0.244 e. The summed E-state index contributed by atoms with van der Waals surface area (Å²) in [6.07, 6.45) is 0.821. The lowest BCUT2D eigenvalue weighted by molar-refractivity contribution is -0.127. The van der Waals surface area contributed by atoms with Crippen molar-refractivity contribution in [2.75, 3.05) is 24.6 Å². The van der Waals surface area contributed by atoms with Gasteiger partial charge in [-0.2, -0.15) is 0 Å². The summed E-state index contributed by atoms with van der Waals surface area (Å²) >= 11 is 3.38. The van der Waals surface area contributed by atoms with Gasteiger partial charge in [0, 0.05) is 18.1 Å². The molecule has 5 heteroatoms. The minimum Gasteiger partial charge on any atom is -0.397 e. The molecule has 1 aliphatic rings. The molecule has 86 valence electrons. The topological polar surface area (TPSA) is 58.4 Å². The third-order valence-corrected chi connectivity index (χ3v) is 3.27. The zero-order chi connectivity index (χ0) is 11.7. The molecule has 0 radical (unpaired) electrons. The number of anilines is 2. The lowest BCUT2D eigenvalue weighted by Crippen LogP contribution is -2.31. The number of halogens is 1. The molecule has 1 fully saturated rings. The summed E-state index contributed by atoms with van der Waals surface area (Å²) in [6.45, 7) is 0.796. The maximum Gasteiger partial charge on any atom is 0.244 e. The molecule has 1 heterocycles. The molecule has 0 bridgehead atoms. The van der Waals surface area contributed by atoms with Crippen molar-refractivity contribution in [1.29, 1.82) is 0 Å². The van der Waals surface area contributed by atoms with Crippen LogP contribution in [0, 0.1) is 0 Å². The molecule has 2 rings (SSSR count). The highest BCUT2D eigenvalue weighted by molar-refractivity contribution is 9.10. The summed E-state index contributed by atoms with van der Waals surface area (Å²) in [7, 11) is 1.81. The maximum atomic E-state index is 11.7. The first-order valence-corrected chi connectivity index (χ1v) is 5.94. The molecule has 1 unspecified atom stereocenters. The van der Waals surface area contributed by atoms with Crippen molar-refractivity contribution < 1.29 is 4.79 Å². The summed E-state index contributed by atoms with van der Waals surface area (Å²) in [5.41, 5.74) is 7.31. The van der Waals surface area contributed by atoms with Crippen LogP contribution in [0.15, 0.2) is 22.7 Å². The second kappa shape index (κ2) is 4.33. The molecule has 0 aromatic heterocycles. The normalized spacial score (nSPS) is 20.2. The van der Waals surface area contributed by atoms with E-state index in [0.717, 1.165) is 23.1 Å². The van der Waals surface area contributed by atoms with Crippen molar-refractivity contribution in [2.45, 2.75) is 12.5 Å². The van der Waals surface area contributed by atoms with Crippen molar-refractivity contribution >= 4 is 33.2 Å². The number of nitrogens with two attached hydrogens (primary N) is 1. The van der Waals surface area contributed by atoms with Crippen molar-refractivity contribution in [3.05, 3.63) is 22.7 Å². The van der Waals surface area contributed by atoms with Gasteiger partial charge in [-0.3, -0.25) is 4.79 Å². The molecule has 1 aromatic rings. The quantitative estimate of drug-likeness (QED) is 0.812. The summed E-state index contributed by atoms with van der Waals surface area (Å²) < 4.78 is 0.947. The van der Waals surface area contributed by atoms with Gasteiger partial charge in [-0.1, -0.05) is 15.9 Å². The molecule has 1 amide bonds. The molecule has 4 nitrogen and oxygen atoms in total. The van der Waals surface area contributed by atoms with E-state index in [2.05, 4.69) is 21.2 Å². The Morgan fingerprint density at radius 1 is 1.56 bits per heavy atom. The largest absolute Gasteiger partial charge is 0.397 e. The van der Waals surface area contributed by atoms with E-state index in [-0.39, 0.29) is 11.9 Å². The SMILES string of the molecule is CN1CCC(Nc2cc(Br)ccc2N)C1=O. The summed E-state index contributed by atoms with van der Waals surface area (Å²) in [6, 6.07) is 5.43. The number of hydrogen-bond acceptors (Lipinski definition) is 3. The second-order valence-corrected chi connectivity index (χ2v) is 4.89. The van der Waals surface area contributed by atoms with E-state index in [9.17, 15) is 4.79 Å². The highest BCUT2D eigenvalue weighted by Crippen LogP contribution is 2.25. The number of benzene rings is 1. The Morgan fingerprint density at radius 3 is 2.94 bits per heavy atom. The number of hydrogen-bond donors (Lipinski definition) is 2. The molecule has 1 atom stereocenters. The van der Waals surface area contributed by atoms with Gasteiger partial charge in [0.2, 0.25) is 5.91 Å². The summed E-state index contributed by atoms with van der Waals surface area (Å²) in [5, 5.41) is 3.18. The molecule has 3 N–H and O–H groups in total. The van der Waals surface area contributed by atoms with E-state index in [1.165, 1.54) is 0 Å². The van der Waals surface area contributed by atoms with Gasteiger partial charge in [-0.25, -0.2) is 0 Å². The van der Waals surface area contributed by atoms with Crippen LogP contribution in [0.2, 0.25) is 0 Å². The average Bonchev–Trinajstić information content (AvgIpc) is 2.55. The van der Waals surface area contributed by atoms with E-state index < -0.39 is 0 Å². The van der Waals surface area contributed by atoms with Crippen LogP contribution in [-0.2, 0) is 4.79 Å². The number of carbonyl (C=O) groups excluding carboxylic acids is 1. The number of nitrogen functional groups attached to an aromatic ring is 1. The molecular weight excluding hydrogens is 270 g/mol. The number of rotatable bonds is 2. The van der Waals surface area contributed by atoms with Crippen LogP contribution in [0.4, 0.5) is 11.4 Å². The first-order chi connectivity index (χ1) is 7.58. The molecule has 16 heavy (non-hydrogen) atoms. The number of nitrogens with zero attached hydrogens (tertiary/aromatic N) is 1. The van der Waals surface area contributed by atoms with Crippen LogP contribution < -0.4 is 11.1 Å². The third-order valence-electron chi connectivity index (χ3n) is 2.77. The van der Waals surface area contributed by atoms with Crippen molar-refractivity contribution in [1.82, 2.24) is 4.90 Å². The highest BCUT2D eigenvalue weighted by Gasteiger charge is 2.29. The molecule has 1 saturated heterocycles. The monoisotopic (exact) mass is 283 g/mol. The minimum absolute atomic E-state index is 0.124. The van der Waals surface area contributed by atoms with Gasteiger partial charge >= 0.3 is 0 Å². The predicted molar refractivity (Wildman–Crippen MR) is 68.2 cm³/mol. The fourth-order valence-electron chi connectivity index (χ4n) is 1.80. The summed E-state index contributed by atoms with van der Waals surface area (Å²) in [5.74, 6) is 0.124. The standard InChI is InChI=1S/C11H14BrN3O/c1-15-5-4-9(11(15)16)14-10-6-7(12)2-3-8(10)13/h2-3,6,9,14H,4-5,13H2,1H3. The van der Waals surface area contributed by atoms with Gasteiger partial charge in [-0.05, 0) is 24.6 Å². The second-order valence-electron chi connectivity index (χ2n) is 3.98. The summed E-state index contributed by atoms with van der Waals surface area (Å²) in [4.78, 5) is 13.4. The number of carbonyl (C=O) groups is 1. The van der Waals surface area contributed by atoms with Gasteiger partial charge in [0.15, 0.2) is 0 Å². The molecule has 0 aliphatic carbocycles. The van der Waals surface area contributed by atoms with E-state index >= 15 is 0 Å². The number of nitrogens with one attached hydrogen (secondary N) is 1. The van der Waals surface area contributed by atoms with Crippen LogP contribution in [0.5, 0.6) is 0 Å². The molecule has 0 spiro atoms. The Labute approximate surface area is 103 Å². The van der Waals surface area contributed by atoms with Crippen molar-refractivity contribution in [3.63, 3.8) is 0 Å². The Kier molecular flexibility index (Phi) is 3.05. The van der Waals surface area contributed by atoms with Gasteiger partial charge in [0.05, 0.1) is 11.4 Å². The Balaban J connectivity index is 2.15. The van der Waals surface area contributed by atoms with Crippen LogP contribution in [0.1, 0.15) is 6.42 Å².